The van der Waals surface area contributed by atoms with Gasteiger partial charge in [-0.05, 0) is 30.3 Å². The normalized spacial score (nSPS) is 11.1. The number of benzene rings is 2. The van der Waals surface area contributed by atoms with Crippen molar-refractivity contribution in [2.45, 2.75) is 6.42 Å². The van der Waals surface area contributed by atoms with Gasteiger partial charge >= 0.3 is 5.97 Å². The number of hydrogen-bond donors (Lipinski definition) is 1. The molecule has 0 bridgehead atoms. The number of amidine groups is 1. The van der Waals surface area contributed by atoms with Crippen molar-refractivity contribution in [2.24, 2.45) is 10.9 Å². The monoisotopic (exact) mass is 362 g/mol. The van der Waals surface area contributed by atoms with Gasteiger partial charge in [-0.25, -0.2) is 4.79 Å². The van der Waals surface area contributed by atoms with E-state index >= 15 is 0 Å². The number of halogens is 1. The van der Waals surface area contributed by atoms with Gasteiger partial charge in [0.1, 0.15) is 11.6 Å². The molecule has 0 radical (unpaired) electrons. The maximum Gasteiger partial charge on any atom is 0.365 e. The van der Waals surface area contributed by atoms with Crippen LogP contribution in [0, 0.1) is 0 Å². The van der Waals surface area contributed by atoms with Gasteiger partial charge in [-0.15, -0.1) is 0 Å². The topological polar surface area (TPSA) is 73.9 Å². The maximum absolute atomic E-state index is 11.8. The van der Waals surface area contributed by atoms with E-state index in [4.69, 9.17) is 15.3 Å². The quantitative estimate of drug-likeness (QED) is 0.383. The van der Waals surface area contributed by atoms with Gasteiger partial charge in [0.15, 0.2) is 0 Å². The summed E-state index contributed by atoms with van der Waals surface area (Å²) in [5.41, 5.74) is 7.06. The molecule has 114 valence electrons. The highest BCUT2D eigenvalue weighted by molar-refractivity contribution is 9.10. The second-order valence-electron chi connectivity index (χ2n) is 4.46. The second-order valence-corrected chi connectivity index (χ2v) is 5.37. The predicted molar refractivity (Wildman–Crippen MR) is 87.9 cm³/mol. The molecule has 0 fully saturated rings. The highest BCUT2D eigenvalue weighted by Gasteiger charge is 2.08. The van der Waals surface area contributed by atoms with E-state index in [2.05, 4.69) is 21.1 Å². The number of ether oxygens (including phenoxy) is 1. The van der Waals surface area contributed by atoms with E-state index < -0.39 is 5.97 Å². The molecule has 0 aliphatic heterocycles. The summed E-state index contributed by atoms with van der Waals surface area (Å²) in [5, 5.41) is 3.67. The number of rotatable bonds is 5. The van der Waals surface area contributed by atoms with E-state index in [1.54, 1.807) is 31.4 Å². The number of carbonyl (C=O) groups excluding carboxylic acids is 1. The fraction of sp³-hybridized carbons (Fsp3) is 0.125. The van der Waals surface area contributed by atoms with Crippen molar-refractivity contribution < 1.29 is 14.4 Å². The van der Waals surface area contributed by atoms with Crippen LogP contribution in [0.4, 0.5) is 0 Å². The van der Waals surface area contributed by atoms with Crippen molar-refractivity contribution >= 4 is 27.7 Å². The minimum Gasteiger partial charge on any atom is -0.496 e. The van der Waals surface area contributed by atoms with Crippen LogP contribution in [-0.4, -0.2) is 18.9 Å². The Hall–Kier alpha value is -2.34. The van der Waals surface area contributed by atoms with E-state index in [9.17, 15) is 4.79 Å². The molecule has 0 saturated heterocycles. The minimum absolute atomic E-state index is 0.190. The Kier molecular flexibility index (Phi) is 5.55. The molecular formula is C16H15BrN2O3. The van der Waals surface area contributed by atoms with E-state index in [-0.39, 0.29) is 5.84 Å². The molecule has 0 amide bonds. The van der Waals surface area contributed by atoms with Gasteiger partial charge in [0, 0.05) is 16.5 Å². The Bertz CT molecular complexity index is 684. The Morgan fingerprint density at radius 2 is 1.86 bits per heavy atom. The van der Waals surface area contributed by atoms with Crippen LogP contribution in [0.25, 0.3) is 0 Å². The Morgan fingerprint density at radius 1 is 1.18 bits per heavy atom. The van der Waals surface area contributed by atoms with Crippen molar-refractivity contribution in [3.8, 4) is 5.75 Å². The molecule has 0 aliphatic rings. The van der Waals surface area contributed by atoms with Crippen LogP contribution in [-0.2, 0) is 11.3 Å². The van der Waals surface area contributed by atoms with Crippen LogP contribution >= 0.6 is 15.9 Å². The minimum atomic E-state index is -0.560. The number of para-hydroxylation sites is 1. The van der Waals surface area contributed by atoms with E-state index in [1.807, 2.05) is 24.3 Å². The molecule has 2 rings (SSSR count). The second kappa shape index (κ2) is 7.61. The third-order valence-corrected chi connectivity index (χ3v) is 3.42. The summed E-state index contributed by atoms with van der Waals surface area (Å²) in [6.45, 7) is 0. The summed E-state index contributed by atoms with van der Waals surface area (Å²) >= 11 is 3.30. The van der Waals surface area contributed by atoms with Gasteiger partial charge in [0.25, 0.3) is 0 Å². The number of methoxy groups -OCH3 is 1. The van der Waals surface area contributed by atoms with Crippen molar-refractivity contribution in [2.75, 3.05) is 7.11 Å². The van der Waals surface area contributed by atoms with Gasteiger partial charge < -0.3 is 15.3 Å². The fourth-order valence-corrected chi connectivity index (χ4v) is 2.08. The highest BCUT2D eigenvalue weighted by atomic mass is 79.9. The molecular weight excluding hydrogens is 348 g/mol. The molecule has 5 nitrogen and oxygen atoms in total. The van der Waals surface area contributed by atoms with Crippen LogP contribution < -0.4 is 10.5 Å². The zero-order chi connectivity index (χ0) is 15.9. The van der Waals surface area contributed by atoms with E-state index in [0.29, 0.717) is 17.7 Å². The smallest absolute Gasteiger partial charge is 0.365 e. The lowest BCUT2D eigenvalue weighted by molar-refractivity contribution is 0.0515. The number of oxime groups is 1. The summed E-state index contributed by atoms with van der Waals surface area (Å²) in [6, 6.07) is 14.2. The Balaban J connectivity index is 2.00. The summed E-state index contributed by atoms with van der Waals surface area (Å²) in [4.78, 5) is 16.7. The number of hydrogen-bond acceptors (Lipinski definition) is 4. The van der Waals surface area contributed by atoms with E-state index in [1.165, 1.54) is 0 Å². The molecule has 22 heavy (non-hydrogen) atoms. The van der Waals surface area contributed by atoms with Gasteiger partial charge in [-0.2, -0.15) is 0 Å². The van der Waals surface area contributed by atoms with Crippen LogP contribution in [0.5, 0.6) is 5.75 Å². The molecule has 2 aromatic rings. The SMILES string of the molecule is COc1ccccc1C/C(N)=N/OC(=O)c1ccc(Br)cc1. The van der Waals surface area contributed by atoms with Crippen LogP contribution in [0.15, 0.2) is 58.2 Å². The molecule has 0 unspecified atom stereocenters. The molecule has 0 spiro atoms. The zero-order valence-electron chi connectivity index (χ0n) is 12.0. The fourth-order valence-electron chi connectivity index (χ4n) is 1.82. The third kappa shape index (κ3) is 4.33. The molecule has 6 heteroatoms. The van der Waals surface area contributed by atoms with Crippen LogP contribution in [0.1, 0.15) is 15.9 Å². The number of nitrogens with two attached hydrogens (primary N) is 1. The van der Waals surface area contributed by atoms with Crippen molar-refractivity contribution in [1.29, 1.82) is 0 Å². The first kappa shape index (κ1) is 16.0. The van der Waals surface area contributed by atoms with Crippen molar-refractivity contribution in [3.63, 3.8) is 0 Å². The summed E-state index contributed by atoms with van der Waals surface area (Å²) in [6.07, 6.45) is 0.331. The van der Waals surface area contributed by atoms with Gasteiger partial charge in [0.05, 0.1) is 12.7 Å². The van der Waals surface area contributed by atoms with Gasteiger partial charge in [-0.1, -0.05) is 39.3 Å². The lowest BCUT2D eigenvalue weighted by Gasteiger charge is -2.07. The molecule has 0 atom stereocenters. The standard InChI is InChI=1S/C16H15BrN2O3/c1-21-14-5-3-2-4-12(14)10-15(18)19-22-16(20)11-6-8-13(17)9-7-11/h2-9H,10H2,1H3,(H2,18,19). The average Bonchev–Trinajstić information content (AvgIpc) is 2.54. The van der Waals surface area contributed by atoms with Crippen molar-refractivity contribution in [1.82, 2.24) is 0 Å². The maximum atomic E-state index is 11.8. The summed E-state index contributed by atoms with van der Waals surface area (Å²) < 4.78 is 6.11. The first-order valence-corrected chi connectivity index (χ1v) is 7.30. The van der Waals surface area contributed by atoms with Crippen LogP contribution in [0.2, 0.25) is 0 Å². The third-order valence-electron chi connectivity index (χ3n) is 2.89. The molecule has 0 aliphatic carbocycles. The first-order chi connectivity index (χ1) is 10.6. The van der Waals surface area contributed by atoms with Crippen LogP contribution in [0.3, 0.4) is 0 Å². The number of nitrogens with zero attached hydrogens (tertiary/aromatic N) is 1. The summed E-state index contributed by atoms with van der Waals surface area (Å²) in [5.74, 6) is 0.338. The Morgan fingerprint density at radius 3 is 2.55 bits per heavy atom. The molecule has 0 heterocycles. The zero-order valence-corrected chi connectivity index (χ0v) is 13.5. The van der Waals surface area contributed by atoms with Gasteiger partial charge in [0.2, 0.25) is 0 Å². The molecule has 2 N–H and O–H groups in total. The lowest BCUT2D eigenvalue weighted by atomic mass is 10.1. The van der Waals surface area contributed by atoms with Crippen molar-refractivity contribution in [3.05, 3.63) is 64.1 Å². The average molecular weight is 363 g/mol. The van der Waals surface area contributed by atoms with E-state index in [0.717, 1.165) is 10.0 Å². The summed E-state index contributed by atoms with van der Waals surface area (Å²) in [7, 11) is 1.58. The molecule has 0 saturated carbocycles. The Labute approximate surface area is 136 Å². The molecule has 2 aromatic carbocycles. The largest absolute Gasteiger partial charge is 0.496 e. The lowest BCUT2D eigenvalue weighted by Crippen LogP contribution is -2.17. The predicted octanol–water partition coefficient (Wildman–Crippen LogP) is 3.13. The highest BCUT2D eigenvalue weighted by Crippen LogP contribution is 2.17. The first-order valence-electron chi connectivity index (χ1n) is 6.51. The van der Waals surface area contributed by atoms with Gasteiger partial charge in [-0.3, -0.25) is 0 Å². The molecule has 0 aromatic heterocycles. The number of carbonyl (C=O) groups is 1.